The van der Waals surface area contributed by atoms with Crippen molar-refractivity contribution >= 4 is 76.2 Å². The van der Waals surface area contributed by atoms with Gasteiger partial charge in [0.15, 0.2) is 0 Å². The molecule has 0 aliphatic heterocycles. The number of hydrogen-bond donors (Lipinski definition) is 1. The van der Waals surface area contributed by atoms with Crippen LogP contribution in [0.4, 0.5) is 0 Å². The van der Waals surface area contributed by atoms with E-state index in [0.29, 0.717) is 5.88 Å². The fraction of sp³-hybridized carbons (Fsp3) is 0.0833. The number of aromatic nitrogens is 2. The van der Waals surface area contributed by atoms with Crippen LogP contribution in [0.5, 0.6) is 0 Å². The molecule has 2 aromatic heterocycles. The molecular formula is C24H21Cl3N2O2S. The summed E-state index contributed by atoms with van der Waals surface area (Å²) in [4.78, 5) is 8.59. The van der Waals surface area contributed by atoms with Crippen LogP contribution in [0.2, 0.25) is 0 Å². The van der Waals surface area contributed by atoms with E-state index in [-0.39, 0.29) is 6.61 Å². The Hall–Kier alpha value is -2.28. The van der Waals surface area contributed by atoms with Gasteiger partial charge in [0.25, 0.3) is 0 Å². The monoisotopic (exact) mass is 506 g/mol. The molecule has 0 fully saturated rings. The Morgan fingerprint density at radius 1 is 0.844 bits per heavy atom. The van der Waals surface area contributed by atoms with Crippen molar-refractivity contribution in [1.82, 2.24) is 9.97 Å². The lowest BCUT2D eigenvalue weighted by atomic mass is 10.1. The lowest BCUT2D eigenvalue weighted by Crippen LogP contribution is -1.85. The number of alkyl halides is 1. The van der Waals surface area contributed by atoms with Crippen molar-refractivity contribution < 1.29 is 9.32 Å². The summed E-state index contributed by atoms with van der Waals surface area (Å²) in [6.07, 6.45) is 7.15. The smallest absolute Gasteiger partial charge is 0.211 e. The van der Waals surface area contributed by atoms with E-state index < -0.39 is 9.23 Å². The lowest BCUT2D eigenvalue weighted by molar-refractivity contribution is 0.282. The Labute approximate surface area is 203 Å². The maximum absolute atomic E-state index is 9.09. The van der Waals surface area contributed by atoms with Crippen molar-refractivity contribution in [1.29, 1.82) is 0 Å². The maximum atomic E-state index is 9.09. The van der Waals surface area contributed by atoms with Crippen molar-refractivity contribution in [2.75, 3.05) is 0 Å². The lowest BCUT2D eigenvalue weighted by Gasteiger charge is -2.01. The molecule has 8 heteroatoms. The first-order chi connectivity index (χ1) is 15.4. The van der Waals surface area contributed by atoms with Gasteiger partial charge in [0.1, 0.15) is 0 Å². The molecule has 2 aromatic carbocycles. The van der Waals surface area contributed by atoms with E-state index in [9.17, 15) is 0 Å². The zero-order chi connectivity index (χ0) is 23.5. The van der Waals surface area contributed by atoms with Crippen molar-refractivity contribution in [3.8, 4) is 0 Å². The molecule has 0 atom stereocenters. The van der Waals surface area contributed by atoms with Crippen molar-refractivity contribution in [3.63, 3.8) is 0 Å². The molecule has 0 bridgehead atoms. The molecule has 4 aromatic rings. The van der Waals surface area contributed by atoms with Gasteiger partial charge in [-0.25, -0.2) is 4.21 Å². The topological polar surface area (TPSA) is 63.1 Å². The molecule has 4 nitrogen and oxygen atoms in total. The number of pyridine rings is 2. The van der Waals surface area contributed by atoms with Crippen LogP contribution in [-0.2, 0) is 21.7 Å². The summed E-state index contributed by atoms with van der Waals surface area (Å²) >= 11 is 5.76. The number of hydrogen-bond acceptors (Lipinski definition) is 4. The van der Waals surface area contributed by atoms with E-state index in [2.05, 4.69) is 56.6 Å². The third-order valence-electron chi connectivity index (χ3n) is 4.34. The van der Waals surface area contributed by atoms with Gasteiger partial charge in [-0.15, -0.1) is 11.6 Å². The van der Waals surface area contributed by atoms with Crippen LogP contribution in [0.25, 0.3) is 34.0 Å². The molecule has 0 amide bonds. The summed E-state index contributed by atoms with van der Waals surface area (Å²) in [5.74, 6) is 0.536. The van der Waals surface area contributed by atoms with E-state index in [1.807, 2.05) is 42.6 Å². The van der Waals surface area contributed by atoms with Crippen LogP contribution < -0.4 is 0 Å². The van der Waals surface area contributed by atoms with Gasteiger partial charge < -0.3 is 5.11 Å². The van der Waals surface area contributed by atoms with E-state index in [1.54, 1.807) is 18.3 Å². The van der Waals surface area contributed by atoms with Gasteiger partial charge in [-0.1, -0.05) is 37.4 Å². The molecule has 166 valence electrons. The molecule has 0 saturated carbocycles. The van der Waals surface area contributed by atoms with Gasteiger partial charge in [0.2, 0.25) is 9.23 Å². The molecule has 0 radical (unpaired) electrons. The number of benzene rings is 2. The highest BCUT2D eigenvalue weighted by Gasteiger charge is 1.98. The van der Waals surface area contributed by atoms with Crippen LogP contribution in [0.15, 0.2) is 74.1 Å². The predicted octanol–water partition coefficient (Wildman–Crippen LogP) is 7.03. The van der Waals surface area contributed by atoms with E-state index in [4.69, 9.17) is 20.9 Å². The second-order valence-corrected chi connectivity index (χ2v) is 9.27. The molecule has 0 aliphatic carbocycles. The van der Waals surface area contributed by atoms with Crippen LogP contribution in [0.3, 0.4) is 0 Å². The third kappa shape index (κ3) is 8.01. The number of halogens is 3. The molecule has 0 saturated heterocycles. The molecule has 0 unspecified atom stereocenters. The normalized spacial score (nSPS) is 10.2. The standard InChI is InChI=1S/C12H10ClN.C12H11NO.Cl2OS/c1-2-9-5-11-6-10(7-13)3-4-12(11)14-8-9;1-2-9-5-11-6-10(8-14)3-4-12(11)13-7-9;1-4(2)3/h2-6,8H,1,7H2;2-7,14H,1,8H2;. The number of aliphatic hydroxyl groups is 1. The molecule has 4 rings (SSSR count). The van der Waals surface area contributed by atoms with Crippen LogP contribution >= 0.6 is 33.0 Å². The second-order valence-electron chi connectivity index (χ2n) is 6.48. The average molecular weight is 508 g/mol. The van der Waals surface area contributed by atoms with Crippen molar-refractivity contribution in [3.05, 3.63) is 96.3 Å². The molecule has 1 N–H and O–H groups in total. The summed E-state index contributed by atoms with van der Waals surface area (Å²) < 4.78 is 9.09. The maximum Gasteiger partial charge on any atom is 0.211 e. The minimum absolute atomic E-state index is 0.0637. The van der Waals surface area contributed by atoms with Gasteiger partial charge in [-0.3, -0.25) is 9.97 Å². The van der Waals surface area contributed by atoms with Crippen molar-refractivity contribution in [2.24, 2.45) is 0 Å². The predicted molar refractivity (Wildman–Crippen MR) is 139 cm³/mol. The van der Waals surface area contributed by atoms with Crippen LogP contribution in [-0.4, -0.2) is 19.3 Å². The summed E-state index contributed by atoms with van der Waals surface area (Å²) in [5, 5.41) is 11.1. The average Bonchev–Trinajstić information content (AvgIpc) is 2.82. The second kappa shape index (κ2) is 13.3. The van der Waals surface area contributed by atoms with Gasteiger partial charge in [0, 0.05) is 50.4 Å². The summed E-state index contributed by atoms with van der Waals surface area (Å²) in [6.45, 7) is 7.47. The summed E-state index contributed by atoms with van der Waals surface area (Å²) in [6, 6.07) is 15.8. The van der Waals surface area contributed by atoms with Gasteiger partial charge in [-0.2, -0.15) is 0 Å². The largest absolute Gasteiger partial charge is 0.392 e. The summed E-state index contributed by atoms with van der Waals surface area (Å²) in [7, 11) is 7.36. The van der Waals surface area contributed by atoms with Crippen LogP contribution in [0, 0.1) is 0 Å². The Kier molecular flexibility index (Phi) is 10.8. The highest BCUT2D eigenvalue weighted by molar-refractivity contribution is 8.26. The minimum atomic E-state index is -1.67. The van der Waals surface area contributed by atoms with E-state index >= 15 is 0 Å². The van der Waals surface area contributed by atoms with Gasteiger partial charge >= 0.3 is 0 Å². The summed E-state index contributed by atoms with van der Waals surface area (Å²) in [5.41, 5.74) is 5.97. The fourth-order valence-corrected chi connectivity index (χ4v) is 2.97. The molecule has 32 heavy (non-hydrogen) atoms. The van der Waals surface area contributed by atoms with Gasteiger partial charge in [-0.05, 0) is 58.7 Å². The van der Waals surface area contributed by atoms with Gasteiger partial charge in [0.05, 0.1) is 17.6 Å². The highest BCUT2D eigenvalue weighted by Crippen LogP contribution is 2.17. The number of fused-ring (bicyclic) bond motifs is 2. The number of rotatable bonds is 4. The highest BCUT2D eigenvalue weighted by atomic mass is 36.0. The third-order valence-corrected chi connectivity index (χ3v) is 4.65. The Morgan fingerprint density at radius 2 is 1.28 bits per heavy atom. The Morgan fingerprint density at radius 3 is 1.69 bits per heavy atom. The molecular weight excluding hydrogens is 487 g/mol. The first kappa shape index (κ1) is 26.0. The number of aliphatic hydroxyl groups excluding tert-OH is 1. The van der Waals surface area contributed by atoms with E-state index in [1.165, 1.54) is 0 Å². The van der Waals surface area contributed by atoms with E-state index in [0.717, 1.165) is 44.1 Å². The minimum Gasteiger partial charge on any atom is -0.392 e. The van der Waals surface area contributed by atoms with Crippen molar-refractivity contribution in [2.45, 2.75) is 12.5 Å². The number of nitrogens with zero attached hydrogens (tertiary/aromatic N) is 2. The Balaban J connectivity index is 0.000000195. The molecule has 0 aliphatic rings. The first-order valence-electron chi connectivity index (χ1n) is 9.33. The zero-order valence-corrected chi connectivity index (χ0v) is 20.1. The Bertz CT molecular complexity index is 1150. The fourth-order valence-electron chi connectivity index (χ4n) is 2.80. The van der Waals surface area contributed by atoms with Crippen LogP contribution in [0.1, 0.15) is 22.3 Å². The SMILES string of the molecule is C=Cc1cnc2ccc(CCl)cc2c1.C=Cc1cnc2ccc(CO)cc2c1.O=S(Cl)Cl. The molecule has 2 heterocycles. The quantitative estimate of drug-likeness (QED) is 0.238. The molecule has 0 spiro atoms. The zero-order valence-electron chi connectivity index (χ0n) is 17.0. The first-order valence-corrected chi connectivity index (χ1v) is 12.7.